The summed E-state index contributed by atoms with van der Waals surface area (Å²) in [6.45, 7) is -0.105. The molecule has 2 aliphatic carbocycles. The van der Waals surface area contributed by atoms with Gasteiger partial charge in [0, 0.05) is 5.56 Å². The standard InChI is InChI=1S/C24H21NO5/c1-29-18-8-4-14(5-9-18)20(26)13-30-19-10-6-17(7-11-19)25-23(27)21-15-2-3-16(12-15)22(21)24(25)28/h2-11,15-16,21-22H,12-13H2,1H3/t15-,16?,21?,22?/m1/s1. The number of hydrogen-bond donors (Lipinski definition) is 0. The zero-order valence-corrected chi connectivity index (χ0v) is 16.5. The number of amides is 2. The van der Waals surface area contributed by atoms with Gasteiger partial charge in [0.25, 0.3) is 0 Å². The van der Waals surface area contributed by atoms with E-state index in [9.17, 15) is 14.4 Å². The first-order chi connectivity index (χ1) is 14.6. The van der Waals surface area contributed by atoms with Gasteiger partial charge in [0.2, 0.25) is 11.8 Å². The molecule has 30 heavy (non-hydrogen) atoms. The highest BCUT2D eigenvalue weighted by Gasteiger charge is 2.59. The van der Waals surface area contributed by atoms with Gasteiger partial charge >= 0.3 is 0 Å². The van der Waals surface area contributed by atoms with Crippen molar-refractivity contribution in [3.8, 4) is 11.5 Å². The monoisotopic (exact) mass is 403 g/mol. The summed E-state index contributed by atoms with van der Waals surface area (Å²) in [5, 5.41) is 0. The largest absolute Gasteiger partial charge is 0.497 e. The van der Waals surface area contributed by atoms with E-state index in [0.29, 0.717) is 22.7 Å². The number of carbonyl (C=O) groups is 3. The van der Waals surface area contributed by atoms with E-state index in [1.54, 1.807) is 55.6 Å². The molecule has 1 aliphatic heterocycles. The van der Waals surface area contributed by atoms with Crippen molar-refractivity contribution in [1.82, 2.24) is 0 Å². The van der Waals surface area contributed by atoms with Gasteiger partial charge in [-0.3, -0.25) is 19.3 Å². The van der Waals surface area contributed by atoms with Crippen LogP contribution in [-0.4, -0.2) is 31.3 Å². The summed E-state index contributed by atoms with van der Waals surface area (Å²) in [4.78, 5) is 39.4. The lowest BCUT2D eigenvalue weighted by atomic mass is 9.85. The molecule has 2 fully saturated rings. The first-order valence-electron chi connectivity index (χ1n) is 10.0. The number of anilines is 1. The van der Waals surface area contributed by atoms with E-state index in [0.717, 1.165) is 6.42 Å². The summed E-state index contributed by atoms with van der Waals surface area (Å²) in [6.07, 6.45) is 5.07. The number of carbonyl (C=O) groups excluding carboxylic acids is 3. The molecule has 2 amide bonds. The highest BCUT2D eigenvalue weighted by molar-refractivity contribution is 6.22. The molecule has 2 aromatic rings. The summed E-state index contributed by atoms with van der Waals surface area (Å²) in [7, 11) is 1.57. The van der Waals surface area contributed by atoms with Crippen molar-refractivity contribution < 1.29 is 23.9 Å². The van der Waals surface area contributed by atoms with Gasteiger partial charge in [-0.25, -0.2) is 0 Å². The van der Waals surface area contributed by atoms with Crippen molar-refractivity contribution in [3.63, 3.8) is 0 Å². The summed E-state index contributed by atoms with van der Waals surface area (Å²) in [6, 6.07) is 13.6. The van der Waals surface area contributed by atoms with Crippen LogP contribution in [0.15, 0.2) is 60.7 Å². The zero-order valence-electron chi connectivity index (χ0n) is 16.5. The lowest BCUT2D eigenvalue weighted by molar-refractivity contribution is -0.123. The van der Waals surface area contributed by atoms with E-state index in [1.807, 2.05) is 0 Å². The van der Waals surface area contributed by atoms with E-state index in [2.05, 4.69) is 12.2 Å². The van der Waals surface area contributed by atoms with Crippen LogP contribution in [0.3, 0.4) is 0 Å². The van der Waals surface area contributed by atoms with Crippen molar-refractivity contribution in [3.05, 3.63) is 66.2 Å². The van der Waals surface area contributed by atoms with Crippen LogP contribution in [0.4, 0.5) is 5.69 Å². The molecule has 152 valence electrons. The van der Waals surface area contributed by atoms with Crippen LogP contribution >= 0.6 is 0 Å². The number of imide groups is 1. The van der Waals surface area contributed by atoms with Gasteiger partial charge in [-0.15, -0.1) is 0 Å². The molecule has 1 saturated carbocycles. The van der Waals surface area contributed by atoms with Gasteiger partial charge in [-0.1, -0.05) is 12.2 Å². The Morgan fingerprint density at radius 2 is 1.47 bits per heavy atom. The number of benzene rings is 2. The number of ether oxygens (including phenoxy) is 2. The molecule has 0 spiro atoms. The Morgan fingerprint density at radius 1 is 0.900 bits per heavy atom. The smallest absolute Gasteiger partial charge is 0.238 e. The first kappa shape index (κ1) is 18.6. The van der Waals surface area contributed by atoms with Gasteiger partial charge in [0.15, 0.2) is 12.4 Å². The van der Waals surface area contributed by atoms with Crippen LogP contribution in [0.25, 0.3) is 0 Å². The Labute approximate surface area is 174 Å². The van der Waals surface area contributed by atoms with E-state index in [4.69, 9.17) is 9.47 Å². The van der Waals surface area contributed by atoms with Crippen LogP contribution < -0.4 is 14.4 Å². The molecule has 2 aromatic carbocycles. The number of ketones is 1. The maximum Gasteiger partial charge on any atom is 0.238 e. The molecule has 3 aliphatic rings. The molecule has 0 radical (unpaired) electrons. The van der Waals surface area contributed by atoms with Crippen LogP contribution in [0, 0.1) is 23.7 Å². The third-order valence-corrected chi connectivity index (χ3v) is 6.35. The molecule has 6 nitrogen and oxygen atoms in total. The molecule has 1 saturated heterocycles. The fraction of sp³-hybridized carbons (Fsp3) is 0.292. The first-order valence-corrected chi connectivity index (χ1v) is 10.0. The highest BCUT2D eigenvalue weighted by Crippen LogP contribution is 2.53. The fourth-order valence-electron chi connectivity index (χ4n) is 4.86. The van der Waals surface area contributed by atoms with Gasteiger partial charge in [0.05, 0.1) is 24.6 Å². The van der Waals surface area contributed by atoms with E-state index >= 15 is 0 Å². The lowest BCUT2D eigenvalue weighted by Gasteiger charge is -2.17. The summed E-state index contributed by atoms with van der Waals surface area (Å²) < 4.78 is 10.7. The Balaban J connectivity index is 1.24. The minimum absolute atomic E-state index is 0.105. The molecule has 1 heterocycles. The maximum absolute atomic E-state index is 12.9. The van der Waals surface area contributed by atoms with Gasteiger partial charge in [-0.05, 0) is 66.8 Å². The predicted octanol–water partition coefficient (Wildman–Crippen LogP) is 3.27. The SMILES string of the molecule is COc1ccc(C(=O)COc2ccc(N3C(=O)C4C5C=C[C@H](C5)C4C3=O)cc2)cc1. The number of rotatable bonds is 6. The second kappa shape index (κ2) is 7.13. The van der Waals surface area contributed by atoms with Crippen LogP contribution in [-0.2, 0) is 9.59 Å². The second-order valence-electron chi connectivity index (χ2n) is 7.95. The van der Waals surface area contributed by atoms with E-state index in [1.165, 1.54) is 4.90 Å². The normalized spacial score (nSPS) is 26.2. The van der Waals surface area contributed by atoms with Crippen molar-refractivity contribution in [2.24, 2.45) is 23.7 Å². The molecule has 3 unspecified atom stereocenters. The Morgan fingerprint density at radius 3 is 2.03 bits per heavy atom. The summed E-state index contributed by atoms with van der Waals surface area (Å²) >= 11 is 0. The molecule has 0 aromatic heterocycles. The average Bonchev–Trinajstić information content (AvgIpc) is 3.46. The minimum Gasteiger partial charge on any atom is -0.497 e. The molecule has 0 N–H and O–H groups in total. The van der Waals surface area contributed by atoms with Gasteiger partial charge in [0.1, 0.15) is 11.5 Å². The van der Waals surface area contributed by atoms with Gasteiger partial charge in [-0.2, -0.15) is 0 Å². The molecule has 6 heteroatoms. The predicted molar refractivity (Wildman–Crippen MR) is 109 cm³/mol. The molecular formula is C24H21NO5. The van der Waals surface area contributed by atoms with Crippen LogP contribution in [0.5, 0.6) is 11.5 Å². The molecule has 2 bridgehead atoms. The number of fused-ring (bicyclic) bond motifs is 5. The van der Waals surface area contributed by atoms with E-state index in [-0.39, 0.29) is 47.9 Å². The minimum atomic E-state index is -0.217. The third-order valence-electron chi connectivity index (χ3n) is 6.35. The van der Waals surface area contributed by atoms with Crippen molar-refractivity contribution in [2.75, 3.05) is 18.6 Å². The van der Waals surface area contributed by atoms with Crippen molar-refractivity contribution in [2.45, 2.75) is 6.42 Å². The Kier molecular flexibility index (Phi) is 4.42. The Bertz CT molecular complexity index is 1010. The number of nitrogens with zero attached hydrogens (tertiary/aromatic N) is 1. The van der Waals surface area contributed by atoms with Crippen LogP contribution in [0.1, 0.15) is 16.8 Å². The summed E-state index contributed by atoms with van der Waals surface area (Å²) in [5.74, 6) is 0.763. The topological polar surface area (TPSA) is 72.9 Å². The third kappa shape index (κ3) is 2.91. The average molecular weight is 403 g/mol. The number of allylic oxidation sites excluding steroid dienone is 2. The van der Waals surface area contributed by atoms with Gasteiger partial charge < -0.3 is 9.47 Å². The molecular weight excluding hydrogens is 382 g/mol. The van der Waals surface area contributed by atoms with Crippen LogP contribution in [0.2, 0.25) is 0 Å². The second-order valence-corrected chi connectivity index (χ2v) is 7.95. The molecule has 4 atom stereocenters. The quantitative estimate of drug-likeness (QED) is 0.421. The van der Waals surface area contributed by atoms with E-state index < -0.39 is 0 Å². The fourth-order valence-corrected chi connectivity index (χ4v) is 4.86. The van der Waals surface area contributed by atoms with Crippen molar-refractivity contribution in [1.29, 1.82) is 0 Å². The summed E-state index contributed by atoms with van der Waals surface area (Å²) in [5.41, 5.74) is 1.09. The highest BCUT2D eigenvalue weighted by atomic mass is 16.5. The number of Topliss-reactive ketones (excluding diaryl/α,β-unsaturated/α-hetero) is 1. The maximum atomic E-state index is 12.9. The number of methoxy groups -OCH3 is 1. The Hall–Kier alpha value is -3.41. The zero-order chi connectivity index (χ0) is 20.8. The lowest BCUT2D eigenvalue weighted by Crippen LogP contribution is -2.32. The molecule has 5 rings (SSSR count). The van der Waals surface area contributed by atoms with Crippen molar-refractivity contribution >= 4 is 23.3 Å². The number of hydrogen-bond acceptors (Lipinski definition) is 5.